The van der Waals surface area contributed by atoms with Crippen molar-refractivity contribution in [3.8, 4) is 0 Å². The average molecular weight is 226 g/mol. The van der Waals surface area contributed by atoms with Gasteiger partial charge in [0.25, 0.3) is 0 Å². The monoisotopic (exact) mass is 226 g/mol. The first-order valence-electron chi connectivity index (χ1n) is 4.62. The second-order valence-electron chi connectivity index (χ2n) is 3.51. The van der Waals surface area contributed by atoms with Gasteiger partial charge in [-0.15, -0.1) is 0 Å². The molecule has 0 aliphatic carbocycles. The lowest BCUT2D eigenvalue weighted by Gasteiger charge is -2.11. The molecular weight excluding hydrogens is 215 g/mol. The van der Waals surface area contributed by atoms with Crippen LogP contribution in [0.3, 0.4) is 0 Å². The molecule has 86 valence electrons. The van der Waals surface area contributed by atoms with Crippen molar-refractivity contribution in [3.05, 3.63) is 35.1 Å². The second-order valence-corrected chi connectivity index (χ2v) is 3.51. The Labute approximate surface area is 91.3 Å². The molecular formula is C11H11FO4. The standard InChI is InChI=1S/C11H11FO4/c1-6-2-3-9(12)7(4-6)8(11(15)16)5-10(13)14/h2-4,8H,5H2,1H3,(H,13,14)(H,15,16). The number of carboxylic acids is 2. The van der Waals surface area contributed by atoms with Crippen LogP contribution >= 0.6 is 0 Å². The molecule has 0 saturated heterocycles. The first-order valence-corrected chi connectivity index (χ1v) is 4.62. The summed E-state index contributed by atoms with van der Waals surface area (Å²) in [5, 5.41) is 17.4. The highest BCUT2D eigenvalue weighted by Crippen LogP contribution is 2.24. The van der Waals surface area contributed by atoms with Gasteiger partial charge in [-0.3, -0.25) is 9.59 Å². The lowest BCUT2D eigenvalue weighted by Crippen LogP contribution is -2.17. The van der Waals surface area contributed by atoms with Gasteiger partial charge in [0.2, 0.25) is 0 Å². The zero-order valence-corrected chi connectivity index (χ0v) is 8.61. The summed E-state index contributed by atoms with van der Waals surface area (Å²) < 4.78 is 13.4. The van der Waals surface area contributed by atoms with Crippen molar-refractivity contribution in [1.82, 2.24) is 0 Å². The summed E-state index contributed by atoms with van der Waals surface area (Å²) >= 11 is 0. The van der Waals surface area contributed by atoms with Gasteiger partial charge in [0.15, 0.2) is 0 Å². The van der Waals surface area contributed by atoms with Gasteiger partial charge in [-0.25, -0.2) is 4.39 Å². The maximum atomic E-state index is 13.4. The molecule has 1 aromatic rings. The Morgan fingerprint density at radius 2 is 2.00 bits per heavy atom. The van der Waals surface area contributed by atoms with Crippen molar-refractivity contribution in [3.63, 3.8) is 0 Å². The third-order valence-electron chi connectivity index (χ3n) is 2.20. The highest BCUT2D eigenvalue weighted by atomic mass is 19.1. The molecule has 0 spiro atoms. The molecule has 16 heavy (non-hydrogen) atoms. The van der Waals surface area contributed by atoms with Gasteiger partial charge in [0.05, 0.1) is 12.3 Å². The lowest BCUT2D eigenvalue weighted by molar-refractivity contribution is -0.145. The van der Waals surface area contributed by atoms with Crippen molar-refractivity contribution in [1.29, 1.82) is 0 Å². The minimum atomic E-state index is -1.35. The van der Waals surface area contributed by atoms with E-state index in [9.17, 15) is 14.0 Å². The van der Waals surface area contributed by atoms with Crippen LogP contribution in [0.25, 0.3) is 0 Å². The first kappa shape index (κ1) is 12.2. The number of aryl methyl sites for hydroxylation is 1. The number of hydrogen-bond acceptors (Lipinski definition) is 2. The van der Waals surface area contributed by atoms with Gasteiger partial charge in [0, 0.05) is 5.56 Å². The molecule has 1 unspecified atom stereocenters. The van der Waals surface area contributed by atoms with Gasteiger partial charge in [-0.2, -0.15) is 0 Å². The van der Waals surface area contributed by atoms with E-state index in [-0.39, 0.29) is 5.56 Å². The smallest absolute Gasteiger partial charge is 0.311 e. The molecule has 0 bridgehead atoms. The quantitative estimate of drug-likeness (QED) is 0.820. The molecule has 0 aliphatic rings. The summed E-state index contributed by atoms with van der Waals surface area (Å²) in [6.45, 7) is 1.68. The molecule has 0 saturated carbocycles. The summed E-state index contributed by atoms with van der Waals surface area (Å²) in [4.78, 5) is 21.4. The van der Waals surface area contributed by atoms with Crippen LogP contribution in [-0.2, 0) is 9.59 Å². The predicted molar refractivity (Wildman–Crippen MR) is 53.8 cm³/mol. The van der Waals surface area contributed by atoms with E-state index in [0.29, 0.717) is 5.56 Å². The third kappa shape index (κ3) is 2.79. The van der Waals surface area contributed by atoms with E-state index in [1.54, 1.807) is 6.92 Å². The van der Waals surface area contributed by atoms with Gasteiger partial charge in [-0.1, -0.05) is 17.7 Å². The van der Waals surface area contributed by atoms with E-state index in [4.69, 9.17) is 10.2 Å². The molecule has 1 aromatic carbocycles. The van der Waals surface area contributed by atoms with Crippen LogP contribution in [0.5, 0.6) is 0 Å². The fraction of sp³-hybridized carbons (Fsp3) is 0.273. The molecule has 4 nitrogen and oxygen atoms in total. The molecule has 0 aliphatic heterocycles. The molecule has 0 fully saturated rings. The maximum absolute atomic E-state index is 13.4. The van der Waals surface area contributed by atoms with Crippen molar-refractivity contribution in [2.45, 2.75) is 19.3 Å². The fourth-order valence-electron chi connectivity index (χ4n) is 1.44. The predicted octanol–water partition coefficient (Wildman–Crippen LogP) is 1.78. The van der Waals surface area contributed by atoms with Crippen molar-refractivity contribution in [2.75, 3.05) is 0 Å². The van der Waals surface area contributed by atoms with E-state index in [0.717, 1.165) is 6.07 Å². The van der Waals surface area contributed by atoms with Crippen LogP contribution in [0.1, 0.15) is 23.5 Å². The Morgan fingerprint density at radius 3 is 2.50 bits per heavy atom. The highest BCUT2D eigenvalue weighted by molar-refractivity contribution is 5.82. The van der Waals surface area contributed by atoms with Crippen LogP contribution in [0.4, 0.5) is 4.39 Å². The van der Waals surface area contributed by atoms with Crippen LogP contribution in [0.15, 0.2) is 18.2 Å². The molecule has 2 N–H and O–H groups in total. The summed E-state index contributed by atoms with van der Waals surface area (Å²) in [5.41, 5.74) is 0.600. The summed E-state index contributed by atoms with van der Waals surface area (Å²) in [5.74, 6) is -4.66. The maximum Gasteiger partial charge on any atom is 0.311 e. The fourth-order valence-corrected chi connectivity index (χ4v) is 1.44. The Bertz CT molecular complexity index is 428. The van der Waals surface area contributed by atoms with Gasteiger partial charge >= 0.3 is 11.9 Å². The zero-order valence-electron chi connectivity index (χ0n) is 8.61. The molecule has 0 aromatic heterocycles. The van der Waals surface area contributed by atoms with Crippen molar-refractivity contribution < 1.29 is 24.2 Å². The first-order chi connectivity index (χ1) is 7.41. The van der Waals surface area contributed by atoms with Gasteiger partial charge in [0.1, 0.15) is 5.82 Å². The number of rotatable bonds is 4. The van der Waals surface area contributed by atoms with E-state index in [1.807, 2.05) is 0 Å². The van der Waals surface area contributed by atoms with Crippen LogP contribution < -0.4 is 0 Å². The Morgan fingerprint density at radius 1 is 1.38 bits per heavy atom. The van der Waals surface area contributed by atoms with Gasteiger partial charge in [-0.05, 0) is 13.0 Å². The number of halogens is 1. The molecule has 1 rings (SSSR count). The van der Waals surface area contributed by atoms with Gasteiger partial charge < -0.3 is 10.2 Å². The zero-order chi connectivity index (χ0) is 12.3. The van der Waals surface area contributed by atoms with Crippen LogP contribution in [-0.4, -0.2) is 22.2 Å². The average Bonchev–Trinajstić information content (AvgIpc) is 2.18. The van der Waals surface area contributed by atoms with E-state index in [2.05, 4.69) is 0 Å². The number of aliphatic carboxylic acids is 2. The SMILES string of the molecule is Cc1ccc(F)c(C(CC(=O)O)C(=O)O)c1. The Hall–Kier alpha value is -1.91. The number of benzene rings is 1. The summed E-state index contributed by atoms with van der Waals surface area (Å²) in [6, 6.07) is 4.00. The second kappa shape index (κ2) is 4.74. The molecule has 0 heterocycles. The topological polar surface area (TPSA) is 74.6 Å². The Balaban J connectivity index is 3.14. The molecule has 5 heteroatoms. The number of carboxylic acid groups (broad SMARTS) is 2. The lowest BCUT2D eigenvalue weighted by atomic mass is 9.94. The largest absolute Gasteiger partial charge is 0.481 e. The highest BCUT2D eigenvalue weighted by Gasteiger charge is 2.25. The molecule has 0 radical (unpaired) electrons. The Kier molecular flexibility index (Phi) is 3.60. The normalized spacial score (nSPS) is 12.1. The number of carbonyl (C=O) groups is 2. The summed E-state index contributed by atoms with van der Waals surface area (Å²) in [7, 11) is 0. The molecule has 1 atom stereocenters. The van der Waals surface area contributed by atoms with Crippen LogP contribution in [0.2, 0.25) is 0 Å². The van der Waals surface area contributed by atoms with E-state index < -0.39 is 30.1 Å². The van der Waals surface area contributed by atoms with Crippen molar-refractivity contribution in [2.24, 2.45) is 0 Å². The third-order valence-corrected chi connectivity index (χ3v) is 2.20. The van der Waals surface area contributed by atoms with Crippen LogP contribution in [0, 0.1) is 12.7 Å². The minimum absolute atomic E-state index is 0.0881. The minimum Gasteiger partial charge on any atom is -0.481 e. The summed E-state index contributed by atoms with van der Waals surface area (Å²) in [6.07, 6.45) is -0.629. The van der Waals surface area contributed by atoms with Crippen molar-refractivity contribution >= 4 is 11.9 Å². The van der Waals surface area contributed by atoms with E-state index >= 15 is 0 Å². The van der Waals surface area contributed by atoms with E-state index in [1.165, 1.54) is 12.1 Å². The molecule has 0 amide bonds. The number of hydrogen-bond donors (Lipinski definition) is 2.